The summed E-state index contributed by atoms with van der Waals surface area (Å²) in [6.45, 7) is 0. The number of carboxylic acids is 1. The first kappa shape index (κ1) is 9.55. The Kier molecular flexibility index (Phi) is 4.18. The van der Waals surface area contributed by atoms with Crippen LogP contribution in [0.5, 0.6) is 0 Å². The number of rotatable bonds is 1. The first-order valence-corrected chi connectivity index (χ1v) is 2.30. The van der Waals surface area contributed by atoms with Crippen molar-refractivity contribution in [2.75, 3.05) is 0 Å². The number of hydrogen-bond donors (Lipinski definition) is 1. The van der Waals surface area contributed by atoms with E-state index in [2.05, 4.69) is 9.97 Å². The summed E-state index contributed by atoms with van der Waals surface area (Å²) in [5.74, 6) is -1.05. The average molecular weight is 148 g/mol. The third-order valence-corrected chi connectivity index (χ3v) is 0.782. The molecular weight excluding hydrogens is 143 g/mol. The van der Waals surface area contributed by atoms with E-state index in [1.807, 2.05) is 0 Å². The second-order valence-electron chi connectivity index (χ2n) is 1.40. The van der Waals surface area contributed by atoms with E-state index in [1.165, 1.54) is 18.6 Å². The van der Waals surface area contributed by atoms with Gasteiger partial charge in [-0.3, -0.25) is 4.98 Å². The molecule has 0 radical (unpaired) electrons. The normalized spacial score (nSPS) is 8.00. The number of aromatic nitrogens is 2. The van der Waals surface area contributed by atoms with Crippen LogP contribution in [0.25, 0.3) is 0 Å². The number of carbonyl (C=O) groups is 1. The van der Waals surface area contributed by atoms with Gasteiger partial charge in [0.05, 0.1) is 6.20 Å². The second kappa shape index (κ2) is 4.38. The topological polar surface area (TPSA) is 63.1 Å². The molecule has 0 aliphatic carbocycles. The van der Waals surface area contributed by atoms with Gasteiger partial charge in [0, 0.05) is 12.4 Å². The number of aromatic carboxylic acids is 1. The Labute approximate surface area is 79.6 Å². The molecule has 1 N–H and O–H groups in total. The zero-order chi connectivity index (χ0) is 6.69. The Morgan fingerprint density at radius 3 is 2.50 bits per heavy atom. The fourth-order valence-corrected chi connectivity index (χ4v) is 0.410. The van der Waals surface area contributed by atoms with Crippen LogP contribution in [0.3, 0.4) is 0 Å². The fourth-order valence-electron chi connectivity index (χ4n) is 0.410. The first-order valence-electron chi connectivity index (χ1n) is 2.30. The summed E-state index contributed by atoms with van der Waals surface area (Å²) in [6, 6.07) is 0. The number of nitrogens with zero attached hydrogens (tertiary/aromatic N) is 2. The zero-order valence-corrected chi connectivity index (χ0v) is 4.48. The molecule has 0 aliphatic heterocycles. The zero-order valence-electron chi connectivity index (χ0n) is 4.48. The molecule has 0 bridgehead atoms. The monoisotopic (exact) mass is 148 g/mol. The Morgan fingerprint density at radius 2 is 2.20 bits per heavy atom. The van der Waals surface area contributed by atoms with Crippen molar-refractivity contribution in [2.45, 2.75) is 0 Å². The summed E-state index contributed by atoms with van der Waals surface area (Å²) in [7, 11) is 0. The third kappa shape index (κ3) is 2.43. The van der Waals surface area contributed by atoms with Crippen molar-refractivity contribution < 1.29 is 9.90 Å². The predicted molar refractivity (Wildman–Crippen MR) is 36.1 cm³/mol. The standard InChI is InChI=1S/C5H4N2O2.Na.H/c8-5(9)4-3-6-1-2-7-4;;/h1-3H,(H,8,9);;. The van der Waals surface area contributed by atoms with Crippen LogP contribution in [-0.4, -0.2) is 50.6 Å². The molecule has 0 saturated heterocycles. The van der Waals surface area contributed by atoms with Gasteiger partial charge in [0.2, 0.25) is 0 Å². The van der Waals surface area contributed by atoms with Crippen molar-refractivity contribution in [1.29, 1.82) is 0 Å². The summed E-state index contributed by atoms with van der Waals surface area (Å²) >= 11 is 0. The van der Waals surface area contributed by atoms with E-state index in [0.717, 1.165) is 0 Å². The Morgan fingerprint density at radius 1 is 1.50 bits per heavy atom. The van der Waals surface area contributed by atoms with E-state index in [0.29, 0.717) is 0 Å². The minimum absolute atomic E-state index is 0. The molecule has 0 saturated carbocycles. The van der Waals surface area contributed by atoms with E-state index >= 15 is 0 Å². The second-order valence-corrected chi connectivity index (χ2v) is 1.40. The minimum atomic E-state index is -1.05. The summed E-state index contributed by atoms with van der Waals surface area (Å²) in [5.41, 5.74) is -0.0301. The molecule has 10 heavy (non-hydrogen) atoms. The van der Waals surface area contributed by atoms with Crippen LogP contribution < -0.4 is 0 Å². The molecule has 1 rings (SSSR count). The van der Waals surface area contributed by atoms with Gasteiger partial charge in [-0.1, -0.05) is 0 Å². The van der Waals surface area contributed by atoms with Gasteiger partial charge in [-0.2, -0.15) is 0 Å². The first-order chi connectivity index (χ1) is 4.30. The number of hydrogen-bond acceptors (Lipinski definition) is 3. The maximum absolute atomic E-state index is 10.1. The summed E-state index contributed by atoms with van der Waals surface area (Å²) in [5, 5.41) is 8.28. The van der Waals surface area contributed by atoms with Crippen LogP contribution in [0, 0.1) is 0 Å². The molecule has 4 nitrogen and oxygen atoms in total. The van der Waals surface area contributed by atoms with E-state index in [9.17, 15) is 4.79 Å². The molecule has 5 heteroatoms. The predicted octanol–water partition coefficient (Wildman–Crippen LogP) is -0.474. The van der Waals surface area contributed by atoms with Crippen LogP contribution in [0.2, 0.25) is 0 Å². The molecule has 48 valence electrons. The fraction of sp³-hybridized carbons (Fsp3) is 0. The van der Waals surface area contributed by atoms with E-state index in [4.69, 9.17) is 5.11 Å². The molecule has 1 aromatic rings. The third-order valence-electron chi connectivity index (χ3n) is 0.782. The summed E-state index contributed by atoms with van der Waals surface area (Å²) in [4.78, 5) is 17.2. The summed E-state index contributed by atoms with van der Waals surface area (Å²) in [6.07, 6.45) is 3.96. The SMILES string of the molecule is O=C(O)c1cnccn1.[NaH]. The van der Waals surface area contributed by atoms with Crippen LogP contribution in [-0.2, 0) is 0 Å². The molecule has 0 amide bonds. The Balaban J connectivity index is 0.000000810. The number of carboxylic acid groups (broad SMARTS) is 1. The van der Waals surface area contributed by atoms with E-state index in [1.54, 1.807) is 0 Å². The van der Waals surface area contributed by atoms with Crippen LogP contribution in [0.1, 0.15) is 10.5 Å². The van der Waals surface area contributed by atoms with Gasteiger partial charge in [0.1, 0.15) is 0 Å². The van der Waals surface area contributed by atoms with Crippen molar-refractivity contribution >= 4 is 35.5 Å². The molecule has 0 atom stereocenters. The molecule has 0 fully saturated rings. The quantitative estimate of drug-likeness (QED) is 0.546. The molecule has 0 spiro atoms. The van der Waals surface area contributed by atoms with Crippen LogP contribution in [0.15, 0.2) is 18.6 Å². The summed E-state index contributed by atoms with van der Waals surface area (Å²) < 4.78 is 0. The Hall–Kier alpha value is -0.450. The van der Waals surface area contributed by atoms with Gasteiger partial charge in [-0.05, 0) is 0 Å². The maximum atomic E-state index is 10.1. The van der Waals surface area contributed by atoms with Crippen LogP contribution >= 0.6 is 0 Å². The molecule has 1 aromatic heterocycles. The van der Waals surface area contributed by atoms with Gasteiger partial charge in [-0.15, -0.1) is 0 Å². The van der Waals surface area contributed by atoms with E-state index in [-0.39, 0.29) is 35.3 Å². The van der Waals surface area contributed by atoms with Crippen molar-refractivity contribution in [3.8, 4) is 0 Å². The molecule has 1 heterocycles. The van der Waals surface area contributed by atoms with Crippen molar-refractivity contribution in [2.24, 2.45) is 0 Å². The Bertz CT molecular complexity index is 214. The van der Waals surface area contributed by atoms with Crippen molar-refractivity contribution in [3.05, 3.63) is 24.3 Å². The molecule has 0 unspecified atom stereocenters. The van der Waals surface area contributed by atoms with Gasteiger partial charge in [0.25, 0.3) is 0 Å². The molecule has 0 aromatic carbocycles. The van der Waals surface area contributed by atoms with Gasteiger partial charge in [0.15, 0.2) is 5.69 Å². The van der Waals surface area contributed by atoms with Gasteiger partial charge >= 0.3 is 35.5 Å². The van der Waals surface area contributed by atoms with Gasteiger partial charge in [-0.25, -0.2) is 9.78 Å². The van der Waals surface area contributed by atoms with E-state index < -0.39 is 5.97 Å². The van der Waals surface area contributed by atoms with Crippen molar-refractivity contribution in [3.63, 3.8) is 0 Å². The van der Waals surface area contributed by atoms with Crippen LogP contribution in [0.4, 0.5) is 0 Å². The average Bonchev–Trinajstić information content (AvgIpc) is 1.90. The van der Waals surface area contributed by atoms with Crippen molar-refractivity contribution in [1.82, 2.24) is 9.97 Å². The van der Waals surface area contributed by atoms with Gasteiger partial charge < -0.3 is 5.11 Å². The molecule has 0 aliphatic rings. The molecular formula is C5H5N2NaO2.